The molecule has 0 spiro atoms. The van der Waals surface area contributed by atoms with Gasteiger partial charge in [0.1, 0.15) is 11.6 Å². The topological polar surface area (TPSA) is 96.4 Å². The number of imidazole rings is 1. The number of carbonyl (C=O) groups excluding carboxylic acids is 1. The number of hydrogen-bond donors (Lipinski definition) is 2. The molecule has 1 fully saturated rings. The minimum atomic E-state index is -0.631. The SMILES string of the molecule is Cc1cc(C(=O)N[C@@H]2CCN(Cc3nc(C)c(C)n3C)C[C@H]2O)no1. The maximum atomic E-state index is 12.2. The van der Waals surface area contributed by atoms with Gasteiger partial charge in [0.15, 0.2) is 5.69 Å². The first kappa shape index (κ1) is 17.6. The summed E-state index contributed by atoms with van der Waals surface area (Å²) in [5.74, 6) is 1.26. The molecule has 0 aliphatic carbocycles. The summed E-state index contributed by atoms with van der Waals surface area (Å²) in [6.45, 7) is 7.75. The first-order chi connectivity index (χ1) is 11.8. The van der Waals surface area contributed by atoms with Gasteiger partial charge in [-0.3, -0.25) is 9.69 Å². The normalized spacial score (nSPS) is 21.5. The van der Waals surface area contributed by atoms with Crippen LogP contribution in [-0.4, -0.2) is 55.9 Å². The Kier molecular flexibility index (Phi) is 4.91. The zero-order valence-corrected chi connectivity index (χ0v) is 15.1. The Morgan fingerprint density at radius 3 is 2.76 bits per heavy atom. The second kappa shape index (κ2) is 6.97. The van der Waals surface area contributed by atoms with Crippen molar-refractivity contribution in [3.8, 4) is 0 Å². The van der Waals surface area contributed by atoms with Gasteiger partial charge < -0.3 is 19.5 Å². The third-order valence-electron chi connectivity index (χ3n) is 4.92. The van der Waals surface area contributed by atoms with Crippen LogP contribution in [-0.2, 0) is 13.6 Å². The number of aliphatic hydroxyl groups is 1. The highest BCUT2D eigenvalue weighted by Gasteiger charge is 2.30. The predicted molar refractivity (Wildman–Crippen MR) is 91.1 cm³/mol. The molecule has 2 atom stereocenters. The second-order valence-electron chi connectivity index (χ2n) is 6.75. The summed E-state index contributed by atoms with van der Waals surface area (Å²) in [7, 11) is 2.01. The van der Waals surface area contributed by atoms with E-state index in [1.165, 1.54) is 0 Å². The molecule has 2 aromatic rings. The number of aryl methyl sites for hydroxylation is 2. The maximum Gasteiger partial charge on any atom is 0.273 e. The molecule has 2 N–H and O–H groups in total. The number of aliphatic hydroxyl groups excluding tert-OH is 1. The van der Waals surface area contributed by atoms with Gasteiger partial charge in [-0.05, 0) is 27.2 Å². The summed E-state index contributed by atoms with van der Waals surface area (Å²) >= 11 is 0. The number of aromatic nitrogens is 3. The van der Waals surface area contributed by atoms with Crippen molar-refractivity contribution >= 4 is 5.91 Å². The fourth-order valence-corrected chi connectivity index (χ4v) is 3.15. The summed E-state index contributed by atoms with van der Waals surface area (Å²) in [6.07, 6.45) is 0.0414. The fraction of sp³-hybridized carbons (Fsp3) is 0.588. The number of hydrogen-bond acceptors (Lipinski definition) is 6. The summed E-state index contributed by atoms with van der Waals surface area (Å²) in [5, 5.41) is 17.0. The van der Waals surface area contributed by atoms with Gasteiger partial charge in [-0.1, -0.05) is 5.16 Å². The lowest BCUT2D eigenvalue weighted by Crippen LogP contribution is -2.53. The van der Waals surface area contributed by atoms with Crippen molar-refractivity contribution < 1.29 is 14.4 Å². The van der Waals surface area contributed by atoms with E-state index in [4.69, 9.17) is 4.52 Å². The molecule has 1 aliphatic rings. The molecule has 8 heteroatoms. The predicted octanol–water partition coefficient (Wildman–Crippen LogP) is 0.699. The number of β-amino-alcohol motifs (C(OH)–C–C–N with tert-alkyl or cyclic N) is 1. The Balaban J connectivity index is 1.57. The van der Waals surface area contributed by atoms with Crippen molar-refractivity contribution in [2.75, 3.05) is 13.1 Å². The van der Waals surface area contributed by atoms with Crippen LogP contribution in [0.5, 0.6) is 0 Å². The van der Waals surface area contributed by atoms with E-state index in [9.17, 15) is 9.90 Å². The minimum absolute atomic E-state index is 0.242. The third kappa shape index (κ3) is 3.74. The number of piperidine rings is 1. The number of nitrogens with zero attached hydrogens (tertiary/aromatic N) is 4. The molecule has 3 rings (SSSR count). The summed E-state index contributed by atoms with van der Waals surface area (Å²) in [6, 6.07) is 1.30. The lowest BCUT2D eigenvalue weighted by molar-refractivity contribution is 0.0335. The molecule has 0 bridgehead atoms. The number of amides is 1. The van der Waals surface area contributed by atoms with Gasteiger partial charge in [0.25, 0.3) is 5.91 Å². The van der Waals surface area contributed by atoms with Crippen molar-refractivity contribution in [1.82, 2.24) is 24.9 Å². The fourth-order valence-electron chi connectivity index (χ4n) is 3.15. The molecule has 3 heterocycles. The van der Waals surface area contributed by atoms with E-state index in [2.05, 4.69) is 24.9 Å². The summed E-state index contributed by atoms with van der Waals surface area (Å²) in [4.78, 5) is 18.9. The molecule has 8 nitrogen and oxygen atoms in total. The van der Waals surface area contributed by atoms with Crippen molar-refractivity contribution in [3.05, 3.63) is 34.7 Å². The average molecular weight is 347 g/mol. The van der Waals surface area contributed by atoms with Crippen LogP contribution in [0.2, 0.25) is 0 Å². The molecular formula is C17H25N5O3. The van der Waals surface area contributed by atoms with Gasteiger partial charge in [0.2, 0.25) is 0 Å². The molecule has 1 saturated heterocycles. The first-order valence-corrected chi connectivity index (χ1v) is 8.48. The molecule has 0 radical (unpaired) electrons. The molecule has 1 amide bonds. The van der Waals surface area contributed by atoms with Crippen LogP contribution in [0.3, 0.4) is 0 Å². The van der Waals surface area contributed by atoms with Crippen LogP contribution < -0.4 is 5.32 Å². The molecule has 0 saturated carbocycles. The van der Waals surface area contributed by atoms with Crippen molar-refractivity contribution in [2.24, 2.45) is 7.05 Å². The van der Waals surface area contributed by atoms with Crippen LogP contribution in [0, 0.1) is 20.8 Å². The van der Waals surface area contributed by atoms with E-state index in [0.29, 0.717) is 25.3 Å². The van der Waals surface area contributed by atoms with E-state index >= 15 is 0 Å². The molecule has 2 aromatic heterocycles. The van der Waals surface area contributed by atoms with Gasteiger partial charge in [-0.2, -0.15) is 0 Å². The van der Waals surface area contributed by atoms with Crippen LogP contribution in [0.1, 0.15) is 39.9 Å². The molecular weight excluding hydrogens is 322 g/mol. The second-order valence-corrected chi connectivity index (χ2v) is 6.75. The van der Waals surface area contributed by atoms with E-state index in [1.807, 2.05) is 20.9 Å². The van der Waals surface area contributed by atoms with Crippen LogP contribution in [0.25, 0.3) is 0 Å². The number of likely N-dealkylation sites (tertiary alicyclic amines) is 1. The Morgan fingerprint density at radius 2 is 2.20 bits per heavy atom. The molecule has 136 valence electrons. The van der Waals surface area contributed by atoms with Crippen molar-refractivity contribution in [3.63, 3.8) is 0 Å². The Hall–Kier alpha value is -2.19. The first-order valence-electron chi connectivity index (χ1n) is 8.48. The summed E-state index contributed by atoms with van der Waals surface area (Å²) < 4.78 is 7.00. The van der Waals surface area contributed by atoms with Crippen molar-refractivity contribution in [1.29, 1.82) is 0 Å². The van der Waals surface area contributed by atoms with Gasteiger partial charge in [0, 0.05) is 31.9 Å². The van der Waals surface area contributed by atoms with Gasteiger partial charge in [0.05, 0.1) is 24.4 Å². The molecule has 25 heavy (non-hydrogen) atoms. The number of rotatable bonds is 4. The van der Waals surface area contributed by atoms with Gasteiger partial charge >= 0.3 is 0 Å². The van der Waals surface area contributed by atoms with E-state index < -0.39 is 6.10 Å². The highest BCUT2D eigenvalue weighted by atomic mass is 16.5. The van der Waals surface area contributed by atoms with E-state index in [1.54, 1.807) is 13.0 Å². The van der Waals surface area contributed by atoms with Crippen LogP contribution >= 0.6 is 0 Å². The number of nitrogens with one attached hydrogen (secondary N) is 1. The quantitative estimate of drug-likeness (QED) is 0.845. The largest absolute Gasteiger partial charge is 0.390 e. The van der Waals surface area contributed by atoms with Crippen molar-refractivity contribution in [2.45, 2.75) is 45.9 Å². The minimum Gasteiger partial charge on any atom is -0.390 e. The zero-order valence-electron chi connectivity index (χ0n) is 15.1. The van der Waals surface area contributed by atoms with Gasteiger partial charge in [-0.25, -0.2) is 4.98 Å². The number of carbonyl (C=O) groups is 1. The zero-order chi connectivity index (χ0) is 18.1. The van der Waals surface area contributed by atoms with E-state index in [0.717, 1.165) is 23.8 Å². The highest BCUT2D eigenvalue weighted by molar-refractivity contribution is 5.92. The lowest BCUT2D eigenvalue weighted by atomic mass is 10.0. The highest BCUT2D eigenvalue weighted by Crippen LogP contribution is 2.16. The monoisotopic (exact) mass is 347 g/mol. The maximum absolute atomic E-state index is 12.2. The molecule has 0 unspecified atom stereocenters. The van der Waals surface area contributed by atoms with E-state index in [-0.39, 0.29) is 17.6 Å². The smallest absolute Gasteiger partial charge is 0.273 e. The lowest BCUT2D eigenvalue weighted by Gasteiger charge is -2.35. The average Bonchev–Trinajstić information content (AvgIpc) is 3.10. The Bertz CT molecular complexity index is 766. The molecule has 0 aromatic carbocycles. The Morgan fingerprint density at radius 1 is 1.44 bits per heavy atom. The van der Waals surface area contributed by atoms with Crippen LogP contribution in [0.15, 0.2) is 10.6 Å². The molecule has 1 aliphatic heterocycles. The van der Waals surface area contributed by atoms with Gasteiger partial charge in [-0.15, -0.1) is 0 Å². The third-order valence-corrected chi connectivity index (χ3v) is 4.92. The Labute approximate surface area is 146 Å². The summed E-state index contributed by atoms with van der Waals surface area (Å²) in [5.41, 5.74) is 2.43. The standard InChI is InChI=1S/C17H25N5O3/c1-10-7-14(20-25-10)17(24)19-13-5-6-22(8-15(13)23)9-16-18-11(2)12(3)21(16)4/h7,13,15,23H,5-6,8-9H2,1-4H3,(H,19,24)/t13-,15-/m1/s1. The van der Waals surface area contributed by atoms with Crippen LogP contribution in [0.4, 0.5) is 0 Å².